The molecule has 1 fully saturated rings. The lowest BCUT2D eigenvalue weighted by molar-refractivity contribution is -0.151. The average Bonchev–Trinajstić information content (AvgIpc) is 2.60. The van der Waals surface area contributed by atoms with Crippen molar-refractivity contribution in [2.24, 2.45) is 0 Å². The predicted octanol–water partition coefficient (Wildman–Crippen LogP) is 4.02. The van der Waals surface area contributed by atoms with Gasteiger partial charge in [-0.1, -0.05) is 29.8 Å². The molecule has 0 unspecified atom stereocenters. The number of carbonyl (C=O) groups excluding carboxylic acids is 1. The van der Waals surface area contributed by atoms with Crippen molar-refractivity contribution in [3.05, 3.63) is 26.4 Å². The zero-order chi connectivity index (χ0) is 14.2. The van der Waals surface area contributed by atoms with Crippen molar-refractivity contribution < 1.29 is 9.53 Å². The quantitative estimate of drug-likeness (QED) is 0.852. The van der Waals surface area contributed by atoms with Crippen LogP contribution in [0.3, 0.4) is 0 Å². The molecule has 1 N–H and O–H groups in total. The van der Waals surface area contributed by atoms with E-state index in [9.17, 15) is 4.79 Å². The lowest BCUT2D eigenvalue weighted by atomic mass is 9.76. The molecule has 104 valence electrons. The first-order valence-electron chi connectivity index (χ1n) is 5.91. The molecule has 0 amide bonds. The molecule has 0 aliphatic heterocycles. The Kier molecular flexibility index (Phi) is 4.14. The van der Waals surface area contributed by atoms with Gasteiger partial charge < -0.3 is 10.1 Å². The molecule has 1 aliphatic rings. The zero-order valence-electron chi connectivity index (χ0n) is 10.8. The van der Waals surface area contributed by atoms with Crippen molar-refractivity contribution in [1.82, 2.24) is 5.32 Å². The van der Waals surface area contributed by atoms with Gasteiger partial charge in [0.25, 0.3) is 0 Å². The first kappa shape index (κ1) is 14.7. The Bertz CT molecular complexity index is 535. The first-order valence-corrected chi connectivity index (χ1v) is 7.49. The average molecular weight is 320 g/mol. The Hall–Kier alpha value is -0.710. The third kappa shape index (κ3) is 2.49. The van der Waals surface area contributed by atoms with E-state index in [2.05, 4.69) is 11.9 Å². The van der Waals surface area contributed by atoms with E-state index in [4.69, 9.17) is 27.9 Å². The SMILES string of the molecule is C=C(NC1(C(=O)OC)CCC1)c1sc(Cl)c(Cl)c1C. The molecule has 19 heavy (non-hydrogen) atoms. The molecular formula is C13H15Cl2NO2S. The van der Waals surface area contributed by atoms with E-state index >= 15 is 0 Å². The van der Waals surface area contributed by atoms with Gasteiger partial charge in [0.2, 0.25) is 0 Å². The van der Waals surface area contributed by atoms with E-state index in [0.29, 0.717) is 15.1 Å². The van der Waals surface area contributed by atoms with E-state index in [-0.39, 0.29) is 5.97 Å². The molecule has 2 rings (SSSR count). The fourth-order valence-electron chi connectivity index (χ4n) is 2.20. The number of hydrogen-bond acceptors (Lipinski definition) is 4. The van der Waals surface area contributed by atoms with Crippen LogP contribution in [0.1, 0.15) is 29.7 Å². The van der Waals surface area contributed by atoms with E-state index in [1.807, 2.05) is 6.92 Å². The van der Waals surface area contributed by atoms with Gasteiger partial charge in [0.15, 0.2) is 0 Å². The Morgan fingerprint density at radius 2 is 2.11 bits per heavy atom. The second-order valence-corrected chi connectivity index (χ2v) is 6.68. The summed E-state index contributed by atoms with van der Waals surface area (Å²) in [6, 6.07) is 0. The summed E-state index contributed by atoms with van der Waals surface area (Å²) >= 11 is 13.4. The molecule has 3 nitrogen and oxygen atoms in total. The molecule has 1 saturated carbocycles. The number of halogens is 2. The van der Waals surface area contributed by atoms with Gasteiger partial charge in [-0.25, -0.2) is 4.79 Å². The van der Waals surface area contributed by atoms with Crippen LogP contribution in [-0.2, 0) is 9.53 Å². The summed E-state index contributed by atoms with van der Waals surface area (Å²) < 4.78 is 5.40. The number of esters is 1. The van der Waals surface area contributed by atoms with Gasteiger partial charge in [-0.05, 0) is 31.7 Å². The number of ether oxygens (including phenoxy) is 1. The van der Waals surface area contributed by atoms with Crippen molar-refractivity contribution in [3.63, 3.8) is 0 Å². The Morgan fingerprint density at radius 3 is 2.47 bits per heavy atom. The third-order valence-corrected chi connectivity index (χ3v) is 5.72. The topological polar surface area (TPSA) is 38.3 Å². The van der Waals surface area contributed by atoms with Gasteiger partial charge >= 0.3 is 5.97 Å². The van der Waals surface area contributed by atoms with Crippen LogP contribution in [-0.4, -0.2) is 18.6 Å². The molecule has 0 saturated heterocycles. The highest BCUT2D eigenvalue weighted by atomic mass is 35.5. The molecule has 1 heterocycles. The lowest BCUT2D eigenvalue weighted by Crippen LogP contribution is -2.56. The van der Waals surface area contributed by atoms with Crippen LogP contribution in [0.15, 0.2) is 6.58 Å². The Labute approximate surface area is 126 Å². The number of hydrogen-bond donors (Lipinski definition) is 1. The number of thiophene rings is 1. The van der Waals surface area contributed by atoms with E-state index in [0.717, 1.165) is 29.7 Å². The maximum absolute atomic E-state index is 11.9. The van der Waals surface area contributed by atoms with Crippen molar-refractivity contribution >= 4 is 46.2 Å². The Morgan fingerprint density at radius 1 is 1.47 bits per heavy atom. The predicted molar refractivity (Wildman–Crippen MR) is 79.8 cm³/mol. The lowest BCUT2D eigenvalue weighted by Gasteiger charge is -2.40. The fraction of sp³-hybridized carbons (Fsp3) is 0.462. The van der Waals surface area contributed by atoms with Crippen LogP contribution in [0.25, 0.3) is 5.70 Å². The minimum absolute atomic E-state index is 0.244. The molecule has 6 heteroatoms. The van der Waals surface area contributed by atoms with Gasteiger partial charge in [-0.2, -0.15) is 0 Å². The number of rotatable bonds is 4. The van der Waals surface area contributed by atoms with Crippen molar-refractivity contribution in [2.75, 3.05) is 7.11 Å². The first-order chi connectivity index (χ1) is 8.91. The number of nitrogens with one attached hydrogen (secondary N) is 1. The van der Waals surface area contributed by atoms with Crippen molar-refractivity contribution in [2.45, 2.75) is 31.7 Å². The van der Waals surface area contributed by atoms with Crippen molar-refractivity contribution in [1.29, 1.82) is 0 Å². The standard InChI is InChI=1S/C13H15Cl2NO2S/c1-7-9(14)11(15)19-10(7)8(2)16-13(5-4-6-13)12(17)18-3/h16H,2,4-6H2,1,3H3. The summed E-state index contributed by atoms with van der Waals surface area (Å²) in [5, 5.41) is 3.75. The third-order valence-electron chi connectivity index (χ3n) is 3.48. The van der Waals surface area contributed by atoms with Crippen LogP contribution in [0.5, 0.6) is 0 Å². The minimum Gasteiger partial charge on any atom is -0.467 e. The second-order valence-electron chi connectivity index (χ2n) is 4.67. The van der Waals surface area contributed by atoms with Crippen LogP contribution < -0.4 is 5.32 Å². The molecule has 0 aromatic carbocycles. The van der Waals surface area contributed by atoms with Crippen LogP contribution >= 0.6 is 34.5 Å². The highest BCUT2D eigenvalue weighted by Crippen LogP contribution is 2.41. The van der Waals surface area contributed by atoms with Crippen LogP contribution in [0, 0.1) is 6.92 Å². The molecule has 0 atom stereocenters. The number of methoxy groups -OCH3 is 1. The fourth-order valence-corrected chi connectivity index (χ4v) is 3.69. The summed E-state index contributed by atoms with van der Waals surface area (Å²) in [5.74, 6) is -0.244. The summed E-state index contributed by atoms with van der Waals surface area (Å²) in [6.07, 6.45) is 2.51. The molecule has 0 bridgehead atoms. The van der Waals surface area contributed by atoms with Gasteiger partial charge in [0, 0.05) is 5.70 Å². The molecule has 1 aliphatic carbocycles. The van der Waals surface area contributed by atoms with Crippen molar-refractivity contribution in [3.8, 4) is 0 Å². The monoisotopic (exact) mass is 319 g/mol. The van der Waals surface area contributed by atoms with E-state index in [1.54, 1.807) is 0 Å². The van der Waals surface area contributed by atoms with Gasteiger partial charge in [0.05, 0.1) is 17.0 Å². The zero-order valence-corrected chi connectivity index (χ0v) is 13.1. The van der Waals surface area contributed by atoms with Gasteiger partial charge in [-0.15, -0.1) is 11.3 Å². The summed E-state index contributed by atoms with van der Waals surface area (Å²) in [6.45, 7) is 5.89. The summed E-state index contributed by atoms with van der Waals surface area (Å²) in [5.41, 5.74) is 0.913. The maximum Gasteiger partial charge on any atom is 0.331 e. The van der Waals surface area contributed by atoms with Crippen LogP contribution in [0.4, 0.5) is 0 Å². The minimum atomic E-state index is -0.638. The van der Waals surface area contributed by atoms with Gasteiger partial charge in [-0.3, -0.25) is 0 Å². The van der Waals surface area contributed by atoms with E-state index in [1.165, 1.54) is 18.4 Å². The second kappa shape index (κ2) is 5.35. The van der Waals surface area contributed by atoms with Gasteiger partial charge in [0.1, 0.15) is 9.88 Å². The largest absolute Gasteiger partial charge is 0.467 e. The number of carbonyl (C=O) groups is 1. The summed E-state index contributed by atoms with van der Waals surface area (Å²) in [7, 11) is 1.40. The maximum atomic E-state index is 11.9. The summed E-state index contributed by atoms with van der Waals surface area (Å²) in [4.78, 5) is 12.7. The highest BCUT2D eigenvalue weighted by Gasteiger charge is 2.45. The Balaban J connectivity index is 2.21. The molecule has 0 spiro atoms. The van der Waals surface area contributed by atoms with Crippen LogP contribution in [0.2, 0.25) is 9.36 Å². The molecular weight excluding hydrogens is 305 g/mol. The smallest absolute Gasteiger partial charge is 0.331 e. The molecule has 0 radical (unpaired) electrons. The van der Waals surface area contributed by atoms with E-state index < -0.39 is 5.54 Å². The highest BCUT2D eigenvalue weighted by molar-refractivity contribution is 7.18. The molecule has 1 aromatic rings. The molecule has 1 aromatic heterocycles. The normalized spacial score (nSPS) is 16.6.